The number of hydrogen-bond donors (Lipinski definition) is 1. The summed E-state index contributed by atoms with van der Waals surface area (Å²) >= 11 is 1.77. The van der Waals surface area contributed by atoms with Gasteiger partial charge in [0.25, 0.3) is 0 Å². The normalized spacial score (nSPS) is 15.0. The van der Waals surface area contributed by atoms with Gasteiger partial charge < -0.3 is 24.3 Å². The Bertz CT molecular complexity index is 301. The number of nitrogens with one attached hydrogen (secondary N) is 1. The smallest absolute Gasteiger partial charge is 0.223 e. The fourth-order valence-corrected chi connectivity index (χ4v) is 2.77. The van der Waals surface area contributed by atoms with Crippen LogP contribution >= 0.6 is 11.8 Å². The number of amides is 1. The molecule has 1 fully saturated rings. The monoisotopic (exact) mass is 363 g/mol. The lowest BCUT2D eigenvalue weighted by atomic mass is 10.1. The highest BCUT2D eigenvalue weighted by Gasteiger charge is 2.21. The molecule has 0 unspecified atom stereocenters. The first-order valence-corrected chi connectivity index (χ1v) is 10.3. The van der Waals surface area contributed by atoms with Crippen LogP contribution in [0.5, 0.6) is 0 Å². The Labute approximate surface area is 150 Å². The minimum Gasteiger partial charge on any atom is -0.378 e. The fraction of sp³-hybridized carbons (Fsp3) is 0.941. The van der Waals surface area contributed by atoms with Crippen LogP contribution in [0.3, 0.4) is 0 Å². The number of rotatable bonds is 16. The summed E-state index contributed by atoms with van der Waals surface area (Å²) in [6.07, 6.45) is 6.49. The maximum Gasteiger partial charge on any atom is 0.223 e. The zero-order chi connectivity index (χ0) is 17.3. The van der Waals surface area contributed by atoms with Gasteiger partial charge in [0, 0.05) is 18.2 Å². The SMILES string of the molecule is CSCCOCCOCCOCCOCCNC(=O)C1CCCC1. The predicted molar refractivity (Wildman–Crippen MR) is 96.6 cm³/mol. The third kappa shape index (κ3) is 12.1. The lowest BCUT2D eigenvalue weighted by Gasteiger charge is -2.10. The van der Waals surface area contributed by atoms with Gasteiger partial charge in [0.15, 0.2) is 0 Å². The number of carbonyl (C=O) groups excluding carboxylic acids is 1. The molecular formula is C17H33NO5S. The molecule has 0 bridgehead atoms. The molecule has 0 aromatic heterocycles. The van der Waals surface area contributed by atoms with Crippen molar-refractivity contribution in [2.75, 3.05) is 71.4 Å². The molecule has 1 saturated carbocycles. The molecule has 6 nitrogen and oxygen atoms in total. The molecule has 142 valence electrons. The van der Waals surface area contributed by atoms with E-state index in [0.29, 0.717) is 52.8 Å². The highest BCUT2D eigenvalue weighted by molar-refractivity contribution is 7.98. The number of hydrogen-bond acceptors (Lipinski definition) is 6. The molecule has 0 spiro atoms. The molecule has 0 radical (unpaired) electrons. The first kappa shape index (κ1) is 21.7. The van der Waals surface area contributed by atoms with Crippen LogP contribution in [0, 0.1) is 5.92 Å². The minimum atomic E-state index is 0.182. The van der Waals surface area contributed by atoms with Crippen LogP contribution in [0.1, 0.15) is 25.7 Å². The molecule has 1 N–H and O–H groups in total. The first-order chi connectivity index (χ1) is 11.8. The molecule has 1 rings (SSSR count). The van der Waals surface area contributed by atoms with Gasteiger partial charge in [-0.25, -0.2) is 0 Å². The standard InChI is InChI=1S/C17H33NO5S/c1-24-15-14-23-13-12-22-11-10-21-9-8-20-7-6-18-17(19)16-4-2-3-5-16/h16H,2-15H2,1H3,(H,18,19). The van der Waals surface area contributed by atoms with Gasteiger partial charge >= 0.3 is 0 Å². The summed E-state index contributed by atoms with van der Waals surface area (Å²) in [5.41, 5.74) is 0. The molecule has 1 aliphatic carbocycles. The van der Waals surface area contributed by atoms with Crippen LogP contribution < -0.4 is 5.32 Å². The molecule has 1 amide bonds. The van der Waals surface area contributed by atoms with Crippen molar-refractivity contribution >= 4 is 17.7 Å². The zero-order valence-corrected chi connectivity index (χ0v) is 15.7. The van der Waals surface area contributed by atoms with Crippen LogP contribution in [0.2, 0.25) is 0 Å². The van der Waals surface area contributed by atoms with Crippen LogP contribution in [0.15, 0.2) is 0 Å². The highest BCUT2D eigenvalue weighted by atomic mass is 32.2. The molecule has 7 heteroatoms. The van der Waals surface area contributed by atoms with Gasteiger partial charge in [-0.15, -0.1) is 0 Å². The summed E-state index contributed by atoms with van der Waals surface area (Å²) < 4.78 is 21.6. The third-order valence-electron chi connectivity index (χ3n) is 3.82. The van der Waals surface area contributed by atoms with Gasteiger partial charge in [-0.1, -0.05) is 12.8 Å². The molecule has 0 atom stereocenters. The number of thioether (sulfide) groups is 1. The van der Waals surface area contributed by atoms with E-state index in [1.807, 2.05) is 0 Å². The molecule has 24 heavy (non-hydrogen) atoms. The van der Waals surface area contributed by atoms with Crippen molar-refractivity contribution in [3.05, 3.63) is 0 Å². The Morgan fingerprint density at radius 2 is 1.38 bits per heavy atom. The third-order valence-corrected chi connectivity index (χ3v) is 4.39. The van der Waals surface area contributed by atoms with E-state index in [-0.39, 0.29) is 11.8 Å². The molecular weight excluding hydrogens is 330 g/mol. The molecule has 0 aromatic rings. The summed E-state index contributed by atoms with van der Waals surface area (Å²) in [6.45, 7) is 5.35. The Balaban J connectivity index is 1.71. The Morgan fingerprint density at radius 1 is 0.875 bits per heavy atom. The Kier molecular flexibility index (Phi) is 14.6. The van der Waals surface area contributed by atoms with Crippen LogP contribution in [-0.4, -0.2) is 77.3 Å². The zero-order valence-electron chi connectivity index (χ0n) is 14.9. The summed E-state index contributed by atoms with van der Waals surface area (Å²) in [4.78, 5) is 11.8. The lowest BCUT2D eigenvalue weighted by molar-refractivity contribution is -0.125. The second-order valence-corrected chi connectivity index (χ2v) is 6.70. The van der Waals surface area contributed by atoms with E-state index in [2.05, 4.69) is 11.6 Å². The molecule has 0 saturated heterocycles. The minimum absolute atomic E-state index is 0.182. The lowest BCUT2D eigenvalue weighted by Crippen LogP contribution is -2.32. The average molecular weight is 364 g/mol. The number of carbonyl (C=O) groups is 1. The van der Waals surface area contributed by atoms with Crippen molar-refractivity contribution in [1.29, 1.82) is 0 Å². The quantitative estimate of drug-likeness (QED) is 0.421. The van der Waals surface area contributed by atoms with Gasteiger partial charge in [0.2, 0.25) is 5.91 Å². The topological polar surface area (TPSA) is 66.0 Å². The van der Waals surface area contributed by atoms with Crippen molar-refractivity contribution in [2.24, 2.45) is 5.92 Å². The Hall–Kier alpha value is -0.340. The van der Waals surface area contributed by atoms with E-state index in [0.717, 1.165) is 25.2 Å². The van der Waals surface area contributed by atoms with Crippen molar-refractivity contribution < 1.29 is 23.7 Å². The van der Waals surface area contributed by atoms with E-state index in [1.165, 1.54) is 12.8 Å². The highest BCUT2D eigenvalue weighted by Crippen LogP contribution is 2.24. The maximum absolute atomic E-state index is 11.8. The van der Waals surface area contributed by atoms with Crippen molar-refractivity contribution in [2.45, 2.75) is 25.7 Å². The second-order valence-electron chi connectivity index (χ2n) is 5.71. The largest absolute Gasteiger partial charge is 0.378 e. The molecule has 0 aromatic carbocycles. The molecule has 0 heterocycles. The average Bonchev–Trinajstić information content (AvgIpc) is 3.13. The van der Waals surface area contributed by atoms with E-state index < -0.39 is 0 Å². The maximum atomic E-state index is 11.8. The van der Waals surface area contributed by atoms with Crippen LogP contribution in [-0.2, 0) is 23.7 Å². The number of ether oxygens (including phenoxy) is 4. The van der Waals surface area contributed by atoms with E-state index in [9.17, 15) is 4.79 Å². The predicted octanol–water partition coefficient (Wildman–Crippen LogP) is 1.72. The van der Waals surface area contributed by atoms with Crippen molar-refractivity contribution in [1.82, 2.24) is 5.32 Å². The van der Waals surface area contributed by atoms with E-state index in [1.54, 1.807) is 11.8 Å². The van der Waals surface area contributed by atoms with Crippen LogP contribution in [0.25, 0.3) is 0 Å². The Morgan fingerprint density at radius 3 is 1.92 bits per heavy atom. The van der Waals surface area contributed by atoms with Gasteiger partial charge in [-0.2, -0.15) is 11.8 Å². The van der Waals surface area contributed by atoms with Gasteiger partial charge in [0.1, 0.15) is 0 Å². The summed E-state index contributed by atoms with van der Waals surface area (Å²) in [6, 6.07) is 0. The van der Waals surface area contributed by atoms with Gasteiger partial charge in [-0.3, -0.25) is 4.79 Å². The fourth-order valence-electron chi connectivity index (χ4n) is 2.48. The second kappa shape index (κ2) is 16.1. The summed E-state index contributed by atoms with van der Waals surface area (Å²) in [7, 11) is 0. The van der Waals surface area contributed by atoms with E-state index >= 15 is 0 Å². The summed E-state index contributed by atoms with van der Waals surface area (Å²) in [5, 5.41) is 2.93. The first-order valence-electron chi connectivity index (χ1n) is 8.92. The molecule has 1 aliphatic rings. The van der Waals surface area contributed by atoms with Gasteiger partial charge in [-0.05, 0) is 19.1 Å². The van der Waals surface area contributed by atoms with Crippen molar-refractivity contribution in [3.8, 4) is 0 Å². The van der Waals surface area contributed by atoms with E-state index in [4.69, 9.17) is 18.9 Å². The van der Waals surface area contributed by atoms with Gasteiger partial charge in [0.05, 0.1) is 52.9 Å². The molecule has 0 aliphatic heterocycles. The summed E-state index contributed by atoms with van der Waals surface area (Å²) in [5.74, 6) is 1.43. The van der Waals surface area contributed by atoms with Crippen molar-refractivity contribution in [3.63, 3.8) is 0 Å². The van der Waals surface area contributed by atoms with Crippen LogP contribution in [0.4, 0.5) is 0 Å².